The predicted molar refractivity (Wildman–Crippen MR) is 60.5 cm³/mol. The third-order valence-electron chi connectivity index (χ3n) is 2.58. The summed E-state index contributed by atoms with van der Waals surface area (Å²) in [4.78, 5) is 0. The molecule has 0 aliphatic rings. The highest BCUT2D eigenvalue weighted by molar-refractivity contribution is 5.28. The number of rotatable bonds is 4. The van der Waals surface area contributed by atoms with Gasteiger partial charge in [-0.25, -0.2) is 8.78 Å². The molecule has 1 aromatic rings. The molecule has 0 atom stereocenters. The zero-order valence-electron chi connectivity index (χ0n) is 9.93. The van der Waals surface area contributed by atoms with E-state index in [4.69, 9.17) is 0 Å². The van der Waals surface area contributed by atoms with Crippen molar-refractivity contribution >= 4 is 0 Å². The maximum absolute atomic E-state index is 13.5. The molecule has 1 aromatic carbocycles. The van der Waals surface area contributed by atoms with E-state index < -0.39 is 11.5 Å². The average Bonchev–Trinajstić information content (AvgIpc) is 2.16. The van der Waals surface area contributed by atoms with Crippen LogP contribution in [0.25, 0.3) is 0 Å². The van der Waals surface area contributed by atoms with Crippen LogP contribution in [0.2, 0.25) is 0 Å². The first-order valence-corrected chi connectivity index (χ1v) is 5.48. The Balaban J connectivity index is 2.95. The van der Waals surface area contributed by atoms with Gasteiger partial charge in [-0.15, -0.1) is 0 Å². The Bertz CT molecular complexity index is 336. The summed E-state index contributed by atoms with van der Waals surface area (Å²) in [6, 6.07) is 5.89. The smallest absolute Gasteiger partial charge is 0.273 e. The third kappa shape index (κ3) is 3.01. The molecule has 3 heteroatoms. The third-order valence-corrected chi connectivity index (χ3v) is 2.58. The van der Waals surface area contributed by atoms with Gasteiger partial charge >= 0.3 is 0 Å². The van der Waals surface area contributed by atoms with Gasteiger partial charge in [0.15, 0.2) is 0 Å². The fraction of sp³-hybridized carbons (Fsp3) is 0.538. The van der Waals surface area contributed by atoms with Gasteiger partial charge in [0.1, 0.15) is 0 Å². The summed E-state index contributed by atoms with van der Waals surface area (Å²) >= 11 is 0. The monoisotopic (exact) mass is 228 g/mol. The molecule has 0 unspecified atom stereocenters. The van der Waals surface area contributed by atoms with Crippen molar-refractivity contribution in [2.24, 2.45) is 0 Å². The van der Waals surface area contributed by atoms with E-state index in [2.05, 4.69) is 0 Å². The quantitative estimate of drug-likeness (QED) is 0.830. The van der Waals surface area contributed by atoms with E-state index in [0.717, 1.165) is 0 Å². The summed E-state index contributed by atoms with van der Waals surface area (Å²) in [5, 5.41) is 9.70. The van der Waals surface area contributed by atoms with Gasteiger partial charge < -0.3 is 5.11 Å². The van der Waals surface area contributed by atoms with Crippen molar-refractivity contribution in [1.82, 2.24) is 0 Å². The summed E-state index contributed by atoms with van der Waals surface area (Å²) < 4.78 is 27.0. The molecule has 90 valence electrons. The van der Waals surface area contributed by atoms with Gasteiger partial charge in [-0.1, -0.05) is 37.6 Å². The minimum absolute atomic E-state index is 0.0161. The van der Waals surface area contributed by atoms with Crippen LogP contribution in [0.1, 0.15) is 44.7 Å². The molecule has 1 nitrogen and oxygen atoms in total. The molecule has 1 rings (SSSR count). The predicted octanol–water partition coefficient (Wildman–Crippen LogP) is 3.81. The maximum atomic E-state index is 13.5. The van der Waals surface area contributed by atoms with Crippen molar-refractivity contribution in [3.63, 3.8) is 0 Å². The van der Waals surface area contributed by atoms with Gasteiger partial charge in [0, 0.05) is 12.0 Å². The molecule has 16 heavy (non-hydrogen) atoms. The Morgan fingerprint density at radius 1 is 1.06 bits per heavy atom. The van der Waals surface area contributed by atoms with Crippen molar-refractivity contribution in [1.29, 1.82) is 0 Å². The lowest BCUT2D eigenvalue weighted by Gasteiger charge is -2.20. The average molecular weight is 228 g/mol. The number of aliphatic hydroxyl groups is 1. The van der Waals surface area contributed by atoms with Crippen LogP contribution in [-0.4, -0.2) is 5.11 Å². The molecule has 1 N–H and O–H groups in total. The van der Waals surface area contributed by atoms with Crippen LogP contribution in [0.5, 0.6) is 0 Å². The van der Waals surface area contributed by atoms with Crippen molar-refractivity contribution < 1.29 is 13.9 Å². The molecule has 0 radical (unpaired) electrons. The Labute approximate surface area is 95.1 Å². The number of hydrogen-bond donors (Lipinski definition) is 1. The number of alkyl halides is 2. The van der Waals surface area contributed by atoms with Crippen molar-refractivity contribution in [2.75, 3.05) is 0 Å². The topological polar surface area (TPSA) is 20.2 Å². The Kier molecular flexibility index (Phi) is 3.68. The van der Waals surface area contributed by atoms with Crippen LogP contribution >= 0.6 is 0 Å². The van der Waals surface area contributed by atoms with E-state index in [1.165, 1.54) is 12.1 Å². The van der Waals surface area contributed by atoms with Crippen LogP contribution in [0.15, 0.2) is 24.3 Å². The van der Waals surface area contributed by atoms with Crippen LogP contribution in [-0.2, 0) is 11.5 Å². The lowest BCUT2D eigenvalue weighted by atomic mass is 9.95. The summed E-state index contributed by atoms with van der Waals surface area (Å²) in [5.74, 6) is -2.77. The molecule has 0 spiro atoms. The lowest BCUT2D eigenvalue weighted by molar-refractivity contribution is -0.0141. The fourth-order valence-corrected chi connectivity index (χ4v) is 1.58. The fourth-order valence-electron chi connectivity index (χ4n) is 1.58. The van der Waals surface area contributed by atoms with E-state index in [9.17, 15) is 13.9 Å². The molecule has 0 aromatic heterocycles. The van der Waals surface area contributed by atoms with Crippen LogP contribution in [0, 0.1) is 0 Å². The minimum Gasteiger partial charge on any atom is -0.386 e. The highest BCUT2D eigenvalue weighted by atomic mass is 19.3. The van der Waals surface area contributed by atoms with E-state index in [1.807, 2.05) is 0 Å². The molecular weight excluding hydrogens is 210 g/mol. The number of halogens is 2. The molecular formula is C13H18F2O. The number of benzene rings is 1. The zero-order valence-corrected chi connectivity index (χ0v) is 9.93. The summed E-state index contributed by atoms with van der Waals surface area (Å²) in [6.07, 6.45) is 0.301. The van der Waals surface area contributed by atoms with Gasteiger partial charge in [0.25, 0.3) is 5.92 Å². The molecule has 0 saturated carbocycles. The molecule has 0 saturated heterocycles. The van der Waals surface area contributed by atoms with Gasteiger partial charge in [-0.05, 0) is 19.4 Å². The first-order valence-electron chi connectivity index (χ1n) is 5.48. The SMILES string of the molecule is CCCC(F)(F)c1ccc(C(C)(C)O)cc1. The standard InChI is InChI=1S/C13H18F2O/c1-4-9-13(14,15)11-7-5-10(6-8-11)12(2,3)16/h5-8,16H,4,9H2,1-3H3. The Morgan fingerprint density at radius 3 is 1.88 bits per heavy atom. The van der Waals surface area contributed by atoms with Crippen molar-refractivity contribution in [3.8, 4) is 0 Å². The maximum Gasteiger partial charge on any atom is 0.273 e. The van der Waals surface area contributed by atoms with Crippen LogP contribution < -0.4 is 0 Å². The van der Waals surface area contributed by atoms with Gasteiger partial charge in [-0.3, -0.25) is 0 Å². The second-order valence-electron chi connectivity index (χ2n) is 4.59. The molecule has 0 heterocycles. The van der Waals surface area contributed by atoms with Crippen LogP contribution in [0.4, 0.5) is 8.78 Å². The summed E-state index contributed by atoms with van der Waals surface area (Å²) in [7, 11) is 0. The Morgan fingerprint density at radius 2 is 1.50 bits per heavy atom. The first-order chi connectivity index (χ1) is 7.27. The Hall–Kier alpha value is -0.960. The summed E-state index contributed by atoms with van der Waals surface area (Å²) in [5.41, 5.74) is -0.329. The second-order valence-corrected chi connectivity index (χ2v) is 4.59. The van der Waals surface area contributed by atoms with Gasteiger partial charge in [0.05, 0.1) is 5.60 Å². The number of hydrogen-bond acceptors (Lipinski definition) is 1. The molecule has 0 aliphatic heterocycles. The molecule has 0 fully saturated rings. The highest BCUT2D eigenvalue weighted by Crippen LogP contribution is 2.33. The first kappa shape index (κ1) is 13.1. The largest absolute Gasteiger partial charge is 0.386 e. The minimum atomic E-state index is -2.77. The van der Waals surface area contributed by atoms with Gasteiger partial charge in [-0.2, -0.15) is 0 Å². The van der Waals surface area contributed by atoms with E-state index >= 15 is 0 Å². The van der Waals surface area contributed by atoms with Crippen molar-refractivity contribution in [2.45, 2.75) is 45.1 Å². The summed E-state index contributed by atoms with van der Waals surface area (Å²) in [6.45, 7) is 5.00. The zero-order chi connectivity index (χ0) is 12.4. The van der Waals surface area contributed by atoms with Gasteiger partial charge in [0.2, 0.25) is 0 Å². The van der Waals surface area contributed by atoms with E-state index in [1.54, 1.807) is 32.9 Å². The molecule has 0 aliphatic carbocycles. The van der Waals surface area contributed by atoms with E-state index in [0.29, 0.717) is 12.0 Å². The second kappa shape index (κ2) is 4.50. The lowest BCUT2D eigenvalue weighted by Crippen LogP contribution is -2.17. The van der Waals surface area contributed by atoms with E-state index in [-0.39, 0.29) is 12.0 Å². The highest BCUT2D eigenvalue weighted by Gasteiger charge is 2.30. The molecule has 0 amide bonds. The van der Waals surface area contributed by atoms with Crippen LogP contribution in [0.3, 0.4) is 0 Å². The van der Waals surface area contributed by atoms with Crippen molar-refractivity contribution in [3.05, 3.63) is 35.4 Å². The molecule has 0 bridgehead atoms. The normalized spacial score (nSPS) is 12.9.